The van der Waals surface area contributed by atoms with E-state index in [1.54, 1.807) is 6.07 Å². The third-order valence-electron chi connectivity index (χ3n) is 2.47. The zero-order valence-electron chi connectivity index (χ0n) is 10.4. The number of hydrogen-bond donors (Lipinski definition) is 0. The lowest BCUT2D eigenvalue weighted by Crippen LogP contribution is -2.17. The van der Waals surface area contributed by atoms with Gasteiger partial charge in [0.25, 0.3) is 0 Å². The van der Waals surface area contributed by atoms with Crippen molar-refractivity contribution in [3.05, 3.63) is 34.8 Å². The summed E-state index contributed by atoms with van der Waals surface area (Å²) in [7, 11) is 0. The van der Waals surface area contributed by atoms with Crippen LogP contribution in [0, 0.1) is 0 Å². The number of halogens is 3. The van der Waals surface area contributed by atoms with Gasteiger partial charge in [-0.3, -0.25) is 4.79 Å². The molecular formula is C13H10F3NO2S. The number of rotatable bonds is 4. The number of alkyl halides is 3. The average Bonchev–Trinajstić information content (AvgIpc) is 2.80. The first-order valence-corrected chi connectivity index (χ1v) is 6.55. The standard InChI is InChI=1S/C13H10F3NO2S/c1-2-11-10(7-18)17-12(20-11)8-4-3-5-9(6-8)19-13(14,15)16/h3-7H,2H2,1H3. The molecule has 0 atom stereocenters. The second-order valence-electron chi connectivity index (χ2n) is 3.87. The highest BCUT2D eigenvalue weighted by Gasteiger charge is 2.31. The van der Waals surface area contributed by atoms with Crippen molar-refractivity contribution in [3.63, 3.8) is 0 Å². The fourth-order valence-corrected chi connectivity index (χ4v) is 2.62. The van der Waals surface area contributed by atoms with E-state index in [0.717, 1.165) is 4.88 Å². The van der Waals surface area contributed by atoms with Crippen molar-refractivity contribution in [3.8, 4) is 16.3 Å². The highest BCUT2D eigenvalue weighted by atomic mass is 32.1. The maximum Gasteiger partial charge on any atom is 0.573 e. The van der Waals surface area contributed by atoms with Gasteiger partial charge in [-0.15, -0.1) is 24.5 Å². The van der Waals surface area contributed by atoms with Crippen LogP contribution in [0.25, 0.3) is 10.6 Å². The van der Waals surface area contributed by atoms with Gasteiger partial charge in [0.15, 0.2) is 6.29 Å². The van der Waals surface area contributed by atoms with Crippen molar-refractivity contribution in [1.29, 1.82) is 0 Å². The molecule has 0 N–H and O–H groups in total. The minimum absolute atomic E-state index is 0.309. The van der Waals surface area contributed by atoms with Gasteiger partial charge in [-0.25, -0.2) is 4.98 Å². The number of aryl methyl sites for hydroxylation is 1. The molecule has 0 fully saturated rings. The molecule has 1 heterocycles. The molecule has 0 amide bonds. The number of aromatic nitrogens is 1. The summed E-state index contributed by atoms with van der Waals surface area (Å²) in [6, 6.07) is 5.53. The highest BCUT2D eigenvalue weighted by Crippen LogP contribution is 2.31. The van der Waals surface area contributed by atoms with Crippen molar-refractivity contribution in [2.45, 2.75) is 19.7 Å². The lowest BCUT2D eigenvalue weighted by Gasteiger charge is -2.09. The monoisotopic (exact) mass is 301 g/mol. The average molecular weight is 301 g/mol. The Labute approximate surface area is 117 Å². The summed E-state index contributed by atoms with van der Waals surface area (Å²) in [5.74, 6) is -0.309. The van der Waals surface area contributed by atoms with Crippen LogP contribution in [0.15, 0.2) is 24.3 Å². The number of aldehydes is 1. The minimum atomic E-state index is -4.73. The maximum atomic E-state index is 12.2. The van der Waals surface area contributed by atoms with E-state index in [2.05, 4.69) is 9.72 Å². The van der Waals surface area contributed by atoms with Crippen LogP contribution in [-0.4, -0.2) is 17.6 Å². The molecule has 0 saturated carbocycles. The molecule has 0 aliphatic rings. The van der Waals surface area contributed by atoms with Gasteiger partial charge < -0.3 is 4.74 Å². The summed E-state index contributed by atoms with van der Waals surface area (Å²) < 4.78 is 40.4. The zero-order valence-corrected chi connectivity index (χ0v) is 11.2. The third-order valence-corrected chi connectivity index (χ3v) is 3.74. The Hall–Kier alpha value is -1.89. The first kappa shape index (κ1) is 14.5. The number of carbonyl (C=O) groups excluding carboxylic acids is 1. The first-order valence-electron chi connectivity index (χ1n) is 5.74. The predicted octanol–water partition coefficient (Wildman–Crippen LogP) is 4.08. The summed E-state index contributed by atoms with van der Waals surface area (Å²) >= 11 is 1.28. The smallest absolute Gasteiger partial charge is 0.406 e. The Morgan fingerprint density at radius 2 is 2.15 bits per heavy atom. The Bertz CT molecular complexity index is 622. The van der Waals surface area contributed by atoms with Crippen molar-refractivity contribution in [2.75, 3.05) is 0 Å². The molecule has 0 saturated heterocycles. The Kier molecular flexibility index (Phi) is 4.08. The van der Waals surface area contributed by atoms with E-state index in [0.29, 0.717) is 29.0 Å². The van der Waals surface area contributed by atoms with Crippen LogP contribution in [0.1, 0.15) is 22.3 Å². The summed E-state index contributed by atoms with van der Waals surface area (Å²) in [6.45, 7) is 1.88. The lowest BCUT2D eigenvalue weighted by atomic mass is 10.2. The Morgan fingerprint density at radius 1 is 1.40 bits per heavy atom. The van der Waals surface area contributed by atoms with Crippen molar-refractivity contribution >= 4 is 17.6 Å². The van der Waals surface area contributed by atoms with Crippen LogP contribution in [0.4, 0.5) is 13.2 Å². The van der Waals surface area contributed by atoms with Crippen LogP contribution in [0.3, 0.4) is 0 Å². The lowest BCUT2D eigenvalue weighted by molar-refractivity contribution is -0.274. The molecule has 2 rings (SSSR count). The van der Waals surface area contributed by atoms with Crippen LogP contribution < -0.4 is 4.74 Å². The number of thiazole rings is 1. The summed E-state index contributed by atoms with van der Waals surface area (Å²) in [5.41, 5.74) is 0.814. The topological polar surface area (TPSA) is 39.2 Å². The second kappa shape index (κ2) is 5.62. The summed E-state index contributed by atoms with van der Waals surface area (Å²) in [5, 5.41) is 0.497. The number of benzene rings is 1. The SMILES string of the molecule is CCc1sc(-c2cccc(OC(F)(F)F)c2)nc1C=O. The molecular weight excluding hydrogens is 291 g/mol. The van der Waals surface area contributed by atoms with E-state index in [4.69, 9.17) is 0 Å². The van der Waals surface area contributed by atoms with E-state index in [1.807, 2.05) is 6.92 Å². The molecule has 3 nitrogen and oxygen atoms in total. The Balaban J connectivity index is 2.35. The van der Waals surface area contributed by atoms with Crippen LogP contribution >= 0.6 is 11.3 Å². The predicted molar refractivity (Wildman–Crippen MR) is 69.0 cm³/mol. The molecule has 0 spiro atoms. The molecule has 106 valence electrons. The van der Waals surface area contributed by atoms with Gasteiger partial charge in [0.2, 0.25) is 0 Å². The number of carbonyl (C=O) groups is 1. The highest BCUT2D eigenvalue weighted by molar-refractivity contribution is 7.15. The summed E-state index contributed by atoms with van der Waals surface area (Å²) in [4.78, 5) is 15.8. The third kappa shape index (κ3) is 3.36. The maximum absolute atomic E-state index is 12.2. The number of ether oxygens (including phenoxy) is 1. The fraction of sp³-hybridized carbons (Fsp3) is 0.231. The van der Waals surface area contributed by atoms with E-state index >= 15 is 0 Å². The molecule has 1 aromatic carbocycles. The zero-order chi connectivity index (χ0) is 14.8. The van der Waals surface area contributed by atoms with Gasteiger partial charge in [0, 0.05) is 10.4 Å². The molecule has 0 aliphatic carbocycles. The largest absolute Gasteiger partial charge is 0.573 e. The van der Waals surface area contributed by atoms with Crippen molar-refractivity contribution in [1.82, 2.24) is 4.98 Å². The first-order chi connectivity index (χ1) is 9.43. The van der Waals surface area contributed by atoms with E-state index < -0.39 is 6.36 Å². The van der Waals surface area contributed by atoms with Crippen LogP contribution in [0.5, 0.6) is 5.75 Å². The quantitative estimate of drug-likeness (QED) is 0.799. The minimum Gasteiger partial charge on any atom is -0.406 e. The van der Waals surface area contributed by atoms with Gasteiger partial charge in [-0.1, -0.05) is 19.1 Å². The van der Waals surface area contributed by atoms with Gasteiger partial charge >= 0.3 is 6.36 Å². The van der Waals surface area contributed by atoms with Gasteiger partial charge in [0.05, 0.1) is 0 Å². The molecule has 0 radical (unpaired) electrons. The molecule has 7 heteroatoms. The van der Waals surface area contributed by atoms with Crippen LogP contribution in [-0.2, 0) is 6.42 Å². The van der Waals surface area contributed by atoms with Gasteiger partial charge in [-0.05, 0) is 18.6 Å². The number of nitrogens with zero attached hydrogens (tertiary/aromatic N) is 1. The van der Waals surface area contributed by atoms with E-state index in [-0.39, 0.29) is 5.75 Å². The molecule has 2 aromatic rings. The molecule has 0 aliphatic heterocycles. The molecule has 0 unspecified atom stereocenters. The van der Waals surface area contributed by atoms with Crippen molar-refractivity contribution < 1.29 is 22.7 Å². The number of hydrogen-bond acceptors (Lipinski definition) is 4. The Morgan fingerprint density at radius 3 is 2.70 bits per heavy atom. The fourth-order valence-electron chi connectivity index (χ4n) is 1.66. The van der Waals surface area contributed by atoms with E-state index in [9.17, 15) is 18.0 Å². The van der Waals surface area contributed by atoms with Gasteiger partial charge in [0.1, 0.15) is 16.5 Å². The van der Waals surface area contributed by atoms with Crippen molar-refractivity contribution in [2.24, 2.45) is 0 Å². The molecule has 1 aromatic heterocycles. The van der Waals surface area contributed by atoms with E-state index in [1.165, 1.54) is 29.5 Å². The molecule has 20 heavy (non-hydrogen) atoms. The normalized spacial score (nSPS) is 11.4. The van der Waals surface area contributed by atoms with Gasteiger partial charge in [-0.2, -0.15) is 0 Å². The second-order valence-corrected chi connectivity index (χ2v) is 4.96. The summed E-state index contributed by atoms with van der Waals surface area (Å²) in [6.07, 6.45) is -3.44. The van der Waals surface area contributed by atoms with Crippen LogP contribution in [0.2, 0.25) is 0 Å². The molecule has 0 bridgehead atoms.